The van der Waals surface area contributed by atoms with Crippen molar-refractivity contribution in [1.29, 1.82) is 0 Å². The number of nitrogens with zero attached hydrogens (tertiary/aromatic N) is 1. The minimum Gasteiger partial charge on any atom is -0.484 e. The molecule has 0 fully saturated rings. The molecule has 1 aromatic carbocycles. The molecule has 1 atom stereocenters. The second kappa shape index (κ2) is 5.50. The van der Waals surface area contributed by atoms with Crippen LogP contribution in [0.25, 0.3) is 0 Å². The van der Waals surface area contributed by atoms with Gasteiger partial charge in [-0.2, -0.15) is 0 Å². The van der Waals surface area contributed by atoms with E-state index in [9.17, 15) is 0 Å². The molecule has 0 aliphatic carbocycles. The Morgan fingerprint density at radius 2 is 1.86 bits per heavy atom. The number of furan rings is 1. The molecule has 4 heteroatoms. The van der Waals surface area contributed by atoms with E-state index in [1.165, 1.54) is 16.7 Å². The van der Waals surface area contributed by atoms with E-state index in [1.54, 1.807) is 0 Å². The molecule has 0 amide bonds. The Morgan fingerprint density at radius 3 is 2.52 bits per heavy atom. The largest absolute Gasteiger partial charge is 0.484 e. The summed E-state index contributed by atoms with van der Waals surface area (Å²) in [6, 6.07) is 6.27. The maximum absolute atomic E-state index is 6.26. The third-order valence-corrected chi connectivity index (χ3v) is 5.14. The predicted octanol–water partition coefficient (Wildman–Crippen LogP) is 4.53. The summed E-state index contributed by atoms with van der Waals surface area (Å²) in [5.41, 5.74) is 3.57. The fourth-order valence-corrected chi connectivity index (χ4v) is 3.14. The lowest BCUT2D eigenvalue weighted by molar-refractivity contribution is 0.119. The van der Waals surface area contributed by atoms with Crippen LogP contribution in [0.3, 0.4) is 0 Å². The smallest absolute Gasteiger partial charge is 0.140 e. The number of hydrogen-bond acceptors (Lipinski definition) is 3. The van der Waals surface area contributed by atoms with E-state index in [1.807, 2.05) is 6.92 Å². The van der Waals surface area contributed by atoms with Gasteiger partial charge in [0.1, 0.15) is 23.4 Å². The number of halogens is 1. The van der Waals surface area contributed by atoms with E-state index in [2.05, 4.69) is 59.9 Å². The maximum atomic E-state index is 6.26. The van der Waals surface area contributed by atoms with Crippen molar-refractivity contribution in [2.75, 3.05) is 13.6 Å². The van der Waals surface area contributed by atoms with Gasteiger partial charge in [0.15, 0.2) is 0 Å². The summed E-state index contributed by atoms with van der Waals surface area (Å²) in [5.74, 6) is 2.89. The summed E-state index contributed by atoms with van der Waals surface area (Å²) in [5, 5.41) is 0. The summed E-state index contributed by atoms with van der Waals surface area (Å²) < 4.78 is 13.2. The first-order chi connectivity index (χ1) is 9.94. The van der Waals surface area contributed by atoms with E-state index in [0.717, 1.165) is 34.8 Å². The second-order valence-corrected chi connectivity index (χ2v) is 6.70. The first kappa shape index (κ1) is 14.7. The average Bonchev–Trinajstić information content (AvgIpc) is 2.76. The predicted molar refractivity (Wildman–Crippen MR) is 86.8 cm³/mol. The van der Waals surface area contributed by atoms with Crippen molar-refractivity contribution in [1.82, 2.24) is 4.90 Å². The maximum Gasteiger partial charge on any atom is 0.140 e. The zero-order chi connectivity index (χ0) is 15.1. The number of hydrogen-bond donors (Lipinski definition) is 0. The third-order valence-electron chi connectivity index (χ3n) is 3.89. The van der Waals surface area contributed by atoms with E-state index >= 15 is 0 Å². The highest BCUT2D eigenvalue weighted by molar-refractivity contribution is 9.10. The fourth-order valence-electron chi connectivity index (χ4n) is 2.91. The Balaban J connectivity index is 1.91. The summed E-state index contributed by atoms with van der Waals surface area (Å²) in [6.07, 6.45) is 0.0242. The molecule has 1 unspecified atom stereocenters. The van der Waals surface area contributed by atoms with Gasteiger partial charge in [0.25, 0.3) is 0 Å². The first-order valence-electron chi connectivity index (χ1n) is 7.15. The highest BCUT2D eigenvalue weighted by atomic mass is 79.9. The zero-order valence-electron chi connectivity index (χ0n) is 12.9. The molecule has 1 aliphatic rings. The molecule has 0 saturated carbocycles. The standard InChI is InChI=1S/C17H20BrNO2/c1-10-5-13(6-11(2)17(10)18)21-16-9-19(4)8-15-14(16)7-12(3)20-15/h5-7,16H,8-9H2,1-4H3. The molecule has 3 rings (SSSR count). The van der Waals surface area contributed by atoms with Crippen molar-refractivity contribution in [3.8, 4) is 5.75 Å². The Morgan fingerprint density at radius 1 is 1.19 bits per heavy atom. The van der Waals surface area contributed by atoms with E-state index in [-0.39, 0.29) is 6.10 Å². The third kappa shape index (κ3) is 2.87. The average molecular weight is 350 g/mol. The van der Waals surface area contributed by atoms with Crippen LogP contribution in [0.4, 0.5) is 0 Å². The quantitative estimate of drug-likeness (QED) is 0.796. The van der Waals surface area contributed by atoms with Gasteiger partial charge in [0, 0.05) is 16.6 Å². The van der Waals surface area contributed by atoms with Crippen LogP contribution in [-0.4, -0.2) is 18.5 Å². The number of ether oxygens (including phenoxy) is 1. The molecule has 0 N–H and O–H groups in total. The SMILES string of the molecule is Cc1cc2c(o1)CN(C)CC2Oc1cc(C)c(Br)c(C)c1. The summed E-state index contributed by atoms with van der Waals surface area (Å²) in [4.78, 5) is 2.23. The highest BCUT2D eigenvalue weighted by Crippen LogP contribution is 2.34. The molecule has 2 aromatic rings. The molecular formula is C17H20BrNO2. The Bertz CT molecular complexity index is 654. The van der Waals surface area contributed by atoms with Crippen LogP contribution in [0, 0.1) is 20.8 Å². The lowest BCUT2D eigenvalue weighted by Gasteiger charge is -2.29. The number of fused-ring (bicyclic) bond motifs is 1. The minimum atomic E-state index is 0.0242. The van der Waals surface area contributed by atoms with Crippen molar-refractivity contribution in [2.24, 2.45) is 0 Å². The van der Waals surface area contributed by atoms with E-state index < -0.39 is 0 Å². The molecule has 0 saturated heterocycles. The molecule has 0 radical (unpaired) electrons. The van der Waals surface area contributed by atoms with Crippen LogP contribution < -0.4 is 4.74 Å². The van der Waals surface area contributed by atoms with Gasteiger partial charge < -0.3 is 9.15 Å². The van der Waals surface area contributed by atoms with Crippen molar-refractivity contribution in [3.63, 3.8) is 0 Å². The molecule has 3 nitrogen and oxygen atoms in total. The molecule has 1 aliphatic heterocycles. The second-order valence-electron chi connectivity index (χ2n) is 5.91. The van der Waals surface area contributed by atoms with E-state index in [4.69, 9.17) is 9.15 Å². The first-order valence-corrected chi connectivity index (χ1v) is 7.94. The van der Waals surface area contributed by atoms with Gasteiger partial charge >= 0.3 is 0 Å². The summed E-state index contributed by atoms with van der Waals surface area (Å²) >= 11 is 3.60. The van der Waals surface area contributed by atoms with Crippen LogP contribution in [-0.2, 0) is 6.54 Å². The normalized spacial score (nSPS) is 18.6. The number of likely N-dealkylation sites (N-methyl/N-ethyl adjacent to an activating group) is 1. The Kier molecular flexibility index (Phi) is 3.84. The van der Waals surface area contributed by atoms with Gasteiger partial charge in [-0.05, 0) is 57.1 Å². The van der Waals surface area contributed by atoms with Gasteiger partial charge in [-0.1, -0.05) is 15.9 Å². The number of benzene rings is 1. The molecule has 0 bridgehead atoms. The summed E-state index contributed by atoms with van der Waals surface area (Å²) in [6.45, 7) is 7.89. The molecule has 112 valence electrons. The van der Waals surface area contributed by atoms with Crippen LogP contribution in [0.5, 0.6) is 5.75 Å². The summed E-state index contributed by atoms with van der Waals surface area (Å²) in [7, 11) is 2.09. The minimum absolute atomic E-state index is 0.0242. The van der Waals surface area contributed by atoms with E-state index in [0.29, 0.717) is 0 Å². The van der Waals surface area contributed by atoms with Crippen LogP contribution in [0.2, 0.25) is 0 Å². The lowest BCUT2D eigenvalue weighted by Crippen LogP contribution is -2.32. The van der Waals surface area contributed by atoms with Gasteiger partial charge in [0.05, 0.1) is 6.54 Å². The molecule has 1 aromatic heterocycles. The van der Waals surface area contributed by atoms with Gasteiger partial charge in [0.2, 0.25) is 0 Å². The van der Waals surface area contributed by atoms with Crippen LogP contribution in [0.1, 0.15) is 34.3 Å². The van der Waals surface area contributed by atoms with Crippen molar-refractivity contribution < 1.29 is 9.15 Å². The fraction of sp³-hybridized carbons (Fsp3) is 0.412. The lowest BCUT2D eigenvalue weighted by atomic mass is 10.0. The molecular weight excluding hydrogens is 330 g/mol. The number of aryl methyl sites for hydroxylation is 3. The number of rotatable bonds is 2. The van der Waals surface area contributed by atoms with Gasteiger partial charge in [-0.25, -0.2) is 0 Å². The zero-order valence-corrected chi connectivity index (χ0v) is 14.5. The van der Waals surface area contributed by atoms with Crippen molar-refractivity contribution in [3.05, 3.63) is 50.9 Å². The van der Waals surface area contributed by atoms with Crippen LogP contribution >= 0.6 is 15.9 Å². The van der Waals surface area contributed by atoms with Crippen LogP contribution in [0.15, 0.2) is 27.1 Å². The van der Waals surface area contributed by atoms with Crippen molar-refractivity contribution in [2.45, 2.75) is 33.4 Å². The molecule has 21 heavy (non-hydrogen) atoms. The van der Waals surface area contributed by atoms with Crippen molar-refractivity contribution >= 4 is 15.9 Å². The highest BCUT2D eigenvalue weighted by Gasteiger charge is 2.28. The molecule has 2 heterocycles. The topological polar surface area (TPSA) is 25.6 Å². The molecule has 0 spiro atoms. The van der Waals surface area contributed by atoms with Gasteiger partial charge in [-0.15, -0.1) is 0 Å². The van der Waals surface area contributed by atoms with Gasteiger partial charge in [-0.3, -0.25) is 4.90 Å². The Hall–Kier alpha value is -1.26. The monoisotopic (exact) mass is 349 g/mol. The Labute approximate surface area is 134 Å².